The Bertz CT molecular complexity index is 563. The number of halogens is 1. The first-order valence-corrected chi connectivity index (χ1v) is 5.86. The Balaban J connectivity index is 2.56. The number of imidazole rings is 1. The van der Waals surface area contributed by atoms with E-state index < -0.39 is 5.97 Å². The zero-order valence-electron chi connectivity index (χ0n) is 9.48. The number of fused-ring (bicyclic) bond motifs is 1. The number of carbonyl (C=O) groups is 1. The van der Waals surface area contributed by atoms with E-state index in [-0.39, 0.29) is 6.42 Å². The Morgan fingerprint density at radius 3 is 2.94 bits per heavy atom. The fraction of sp³-hybridized carbons (Fsp3) is 0.333. The lowest BCUT2D eigenvalue weighted by Gasteiger charge is -2.05. The minimum atomic E-state index is -0.872. The molecule has 0 saturated carbocycles. The van der Waals surface area contributed by atoms with Gasteiger partial charge in [-0.05, 0) is 24.6 Å². The van der Waals surface area contributed by atoms with Gasteiger partial charge in [0.25, 0.3) is 0 Å². The van der Waals surface area contributed by atoms with Crippen molar-refractivity contribution >= 4 is 28.6 Å². The van der Waals surface area contributed by atoms with Crippen molar-refractivity contribution in [1.29, 1.82) is 0 Å². The lowest BCUT2D eigenvalue weighted by Crippen LogP contribution is -2.09. The second-order valence-corrected chi connectivity index (χ2v) is 4.32. The van der Waals surface area contributed by atoms with E-state index in [0.717, 1.165) is 24.0 Å². The van der Waals surface area contributed by atoms with E-state index in [0.29, 0.717) is 10.8 Å². The third-order valence-electron chi connectivity index (χ3n) is 2.55. The number of carboxylic acid groups (broad SMARTS) is 1. The average molecular weight is 253 g/mol. The van der Waals surface area contributed by atoms with E-state index in [4.69, 9.17) is 16.7 Å². The molecule has 17 heavy (non-hydrogen) atoms. The molecule has 0 unspecified atom stereocenters. The van der Waals surface area contributed by atoms with Crippen molar-refractivity contribution in [3.05, 3.63) is 29.0 Å². The van der Waals surface area contributed by atoms with Crippen molar-refractivity contribution in [2.24, 2.45) is 0 Å². The van der Waals surface area contributed by atoms with Crippen LogP contribution in [-0.4, -0.2) is 20.6 Å². The van der Waals surface area contributed by atoms with Crippen LogP contribution in [0, 0.1) is 0 Å². The normalized spacial score (nSPS) is 10.9. The molecule has 5 heteroatoms. The van der Waals surface area contributed by atoms with E-state index in [9.17, 15) is 4.79 Å². The van der Waals surface area contributed by atoms with E-state index in [2.05, 4.69) is 4.98 Å². The summed E-state index contributed by atoms with van der Waals surface area (Å²) in [5.74, 6) is -0.291. The molecule has 0 bridgehead atoms. The van der Waals surface area contributed by atoms with Gasteiger partial charge in [0.2, 0.25) is 0 Å². The highest BCUT2D eigenvalue weighted by Crippen LogP contribution is 2.21. The van der Waals surface area contributed by atoms with Crippen molar-refractivity contribution in [3.8, 4) is 0 Å². The maximum atomic E-state index is 10.8. The molecule has 0 amide bonds. The van der Waals surface area contributed by atoms with E-state index in [1.807, 2.05) is 17.6 Å². The van der Waals surface area contributed by atoms with Crippen LogP contribution in [0.5, 0.6) is 0 Å². The fourth-order valence-electron chi connectivity index (χ4n) is 1.90. The molecule has 0 saturated heterocycles. The first kappa shape index (κ1) is 11.9. The number of aliphatic carboxylic acids is 1. The Kier molecular flexibility index (Phi) is 3.33. The predicted molar refractivity (Wildman–Crippen MR) is 66.4 cm³/mol. The summed E-state index contributed by atoms with van der Waals surface area (Å²) in [4.78, 5) is 15.1. The summed E-state index contributed by atoms with van der Waals surface area (Å²) >= 11 is 5.90. The number of hydrogen-bond donors (Lipinski definition) is 1. The molecule has 0 aliphatic heterocycles. The first-order chi connectivity index (χ1) is 8.11. The third-order valence-corrected chi connectivity index (χ3v) is 2.78. The molecule has 1 aromatic carbocycles. The lowest BCUT2D eigenvalue weighted by atomic mass is 10.3. The Morgan fingerprint density at radius 1 is 1.53 bits per heavy atom. The van der Waals surface area contributed by atoms with Crippen LogP contribution in [0.15, 0.2) is 18.2 Å². The van der Waals surface area contributed by atoms with Gasteiger partial charge in [0, 0.05) is 11.6 Å². The first-order valence-electron chi connectivity index (χ1n) is 5.48. The third kappa shape index (κ3) is 2.42. The van der Waals surface area contributed by atoms with Gasteiger partial charge in [0.15, 0.2) is 0 Å². The maximum absolute atomic E-state index is 10.8. The van der Waals surface area contributed by atoms with Crippen LogP contribution in [0.25, 0.3) is 11.0 Å². The Morgan fingerprint density at radius 2 is 2.29 bits per heavy atom. The molecule has 0 fully saturated rings. The summed E-state index contributed by atoms with van der Waals surface area (Å²) in [6, 6.07) is 5.43. The fourth-order valence-corrected chi connectivity index (χ4v) is 2.06. The molecule has 1 N–H and O–H groups in total. The van der Waals surface area contributed by atoms with E-state index in [1.54, 1.807) is 12.1 Å². The quantitative estimate of drug-likeness (QED) is 0.910. The van der Waals surface area contributed by atoms with Crippen LogP contribution in [0.4, 0.5) is 0 Å². The summed E-state index contributed by atoms with van der Waals surface area (Å²) in [7, 11) is 0. The predicted octanol–water partition coefficient (Wildman–Crippen LogP) is 2.73. The Hall–Kier alpha value is -1.55. The topological polar surface area (TPSA) is 55.1 Å². The smallest absolute Gasteiger partial charge is 0.311 e. The van der Waals surface area contributed by atoms with Gasteiger partial charge in [-0.2, -0.15) is 0 Å². The molecule has 2 aromatic rings. The zero-order chi connectivity index (χ0) is 12.4. The summed E-state index contributed by atoms with van der Waals surface area (Å²) in [6.07, 6.45) is 0.868. The molecule has 1 heterocycles. The minimum absolute atomic E-state index is 0.0632. The highest BCUT2D eigenvalue weighted by molar-refractivity contribution is 6.31. The molecular formula is C12H13ClN2O2. The van der Waals surface area contributed by atoms with Crippen molar-refractivity contribution < 1.29 is 9.90 Å². The second-order valence-electron chi connectivity index (χ2n) is 3.88. The van der Waals surface area contributed by atoms with Crippen molar-refractivity contribution in [3.63, 3.8) is 0 Å². The van der Waals surface area contributed by atoms with E-state index >= 15 is 0 Å². The zero-order valence-corrected chi connectivity index (χ0v) is 10.2. The van der Waals surface area contributed by atoms with E-state index in [1.165, 1.54) is 0 Å². The molecule has 0 radical (unpaired) electrons. The Labute approximate surface area is 104 Å². The summed E-state index contributed by atoms with van der Waals surface area (Å²) in [5, 5.41) is 9.47. The average Bonchev–Trinajstić information content (AvgIpc) is 2.55. The van der Waals surface area contributed by atoms with Crippen molar-refractivity contribution in [1.82, 2.24) is 9.55 Å². The van der Waals surface area contributed by atoms with Gasteiger partial charge >= 0.3 is 5.97 Å². The molecule has 0 atom stereocenters. The number of carboxylic acids is 1. The molecule has 1 aromatic heterocycles. The van der Waals surface area contributed by atoms with Crippen LogP contribution in [0.2, 0.25) is 5.02 Å². The minimum Gasteiger partial charge on any atom is -0.481 e. The molecule has 0 spiro atoms. The van der Waals surface area contributed by atoms with Gasteiger partial charge in [-0.1, -0.05) is 18.5 Å². The molecule has 4 nitrogen and oxygen atoms in total. The van der Waals surface area contributed by atoms with Gasteiger partial charge in [0.1, 0.15) is 12.2 Å². The number of aromatic nitrogens is 2. The van der Waals surface area contributed by atoms with Crippen LogP contribution >= 0.6 is 11.6 Å². The number of aryl methyl sites for hydroxylation is 1. The van der Waals surface area contributed by atoms with Crippen LogP contribution < -0.4 is 0 Å². The summed E-state index contributed by atoms with van der Waals surface area (Å²) in [6.45, 7) is 2.81. The maximum Gasteiger partial charge on any atom is 0.311 e. The molecule has 0 aliphatic carbocycles. The molecule has 2 rings (SSSR count). The number of nitrogens with zero attached hydrogens (tertiary/aromatic N) is 2. The standard InChI is InChI=1S/C12H13ClN2O2/c1-2-5-15-10-4-3-8(13)6-9(10)14-11(15)7-12(16)17/h3-4,6H,2,5,7H2,1H3,(H,16,17). The van der Waals surface area contributed by atoms with Gasteiger partial charge in [-0.25, -0.2) is 4.98 Å². The lowest BCUT2D eigenvalue weighted by molar-refractivity contribution is -0.136. The highest BCUT2D eigenvalue weighted by atomic mass is 35.5. The number of benzene rings is 1. The van der Waals surface area contributed by atoms with Gasteiger partial charge < -0.3 is 9.67 Å². The summed E-state index contributed by atoms with van der Waals surface area (Å²) < 4.78 is 1.94. The molecule has 0 aliphatic rings. The van der Waals surface area contributed by atoms with Gasteiger partial charge in [0.05, 0.1) is 11.0 Å². The molecular weight excluding hydrogens is 240 g/mol. The van der Waals surface area contributed by atoms with Crippen LogP contribution in [-0.2, 0) is 17.8 Å². The van der Waals surface area contributed by atoms with Crippen molar-refractivity contribution in [2.75, 3.05) is 0 Å². The second kappa shape index (κ2) is 4.75. The number of rotatable bonds is 4. The SMILES string of the molecule is CCCn1c(CC(=O)O)nc2cc(Cl)ccc21. The molecule has 90 valence electrons. The largest absolute Gasteiger partial charge is 0.481 e. The highest BCUT2D eigenvalue weighted by Gasteiger charge is 2.13. The van der Waals surface area contributed by atoms with Crippen molar-refractivity contribution in [2.45, 2.75) is 26.3 Å². The van der Waals surface area contributed by atoms with Gasteiger partial charge in [-0.15, -0.1) is 0 Å². The summed E-state index contributed by atoms with van der Waals surface area (Å²) in [5.41, 5.74) is 1.69. The number of hydrogen-bond acceptors (Lipinski definition) is 2. The van der Waals surface area contributed by atoms with Gasteiger partial charge in [-0.3, -0.25) is 4.79 Å². The van der Waals surface area contributed by atoms with Crippen LogP contribution in [0.3, 0.4) is 0 Å². The monoisotopic (exact) mass is 252 g/mol. The van der Waals surface area contributed by atoms with Crippen LogP contribution in [0.1, 0.15) is 19.2 Å².